The van der Waals surface area contributed by atoms with Gasteiger partial charge in [0.2, 0.25) is 0 Å². The van der Waals surface area contributed by atoms with Gasteiger partial charge in [0, 0.05) is 36.8 Å². The van der Waals surface area contributed by atoms with Gasteiger partial charge in [0.15, 0.2) is 5.84 Å². The van der Waals surface area contributed by atoms with Crippen LogP contribution in [0.2, 0.25) is 0 Å². The van der Waals surface area contributed by atoms with Crippen LogP contribution in [0.25, 0.3) is 5.57 Å². The summed E-state index contributed by atoms with van der Waals surface area (Å²) in [4.78, 5) is 11.2. The predicted molar refractivity (Wildman–Crippen MR) is 108 cm³/mol. The summed E-state index contributed by atoms with van der Waals surface area (Å²) in [6, 6.07) is 14.4. The fraction of sp³-hybridized carbons (Fsp3) is 0.200. The van der Waals surface area contributed by atoms with Crippen molar-refractivity contribution in [3.05, 3.63) is 83.5 Å². The minimum Gasteiger partial charge on any atom is -0.378 e. The SMILES string of the molecule is NCC1=C(c2ccccc2)C=C(NCc2cccnc2)C2=NCC(Br)N21. The number of nitrogens with two attached hydrogens (primary N) is 1. The number of aromatic nitrogens is 1. The van der Waals surface area contributed by atoms with Crippen molar-refractivity contribution in [2.24, 2.45) is 10.7 Å². The van der Waals surface area contributed by atoms with Gasteiger partial charge >= 0.3 is 0 Å². The molecule has 2 aliphatic rings. The Kier molecular flexibility index (Phi) is 4.86. The molecule has 0 fully saturated rings. The Hall–Kier alpha value is -2.44. The molecule has 0 spiro atoms. The normalized spacial score (nSPS) is 19.2. The van der Waals surface area contributed by atoms with E-state index < -0.39 is 0 Å². The van der Waals surface area contributed by atoms with Gasteiger partial charge in [-0.05, 0) is 23.3 Å². The molecule has 5 nitrogen and oxygen atoms in total. The summed E-state index contributed by atoms with van der Waals surface area (Å²) in [5.74, 6) is 0.941. The Labute approximate surface area is 161 Å². The number of hydrogen-bond donors (Lipinski definition) is 2. The Bertz CT molecular complexity index is 874. The van der Waals surface area contributed by atoms with Crippen molar-refractivity contribution >= 4 is 27.3 Å². The summed E-state index contributed by atoms with van der Waals surface area (Å²) < 4.78 is 0. The van der Waals surface area contributed by atoms with E-state index in [1.165, 1.54) is 0 Å². The molecule has 0 bridgehead atoms. The number of fused-ring (bicyclic) bond motifs is 1. The number of hydrogen-bond acceptors (Lipinski definition) is 5. The van der Waals surface area contributed by atoms with Crippen molar-refractivity contribution in [3.63, 3.8) is 0 Å². The second kappa shape index (κ2) is 7.43. The third-order valence-electron chi connectivity index (χ3n) is 4.52. The summed E-state index contributed by atoms with van der Waals surface area (Å²) in [6.45, 7) is 1.85. The van der Waals surface area contributed by atoms with Gasteiger partial charge in [-0.15, -0.1) is 0 Å². The van der Waals surface area contributed by atoms with Gasteiger partial charge in [-0.1, -0.05) is 52.3 Å². The highest BCUT2D eigenvalue weighted by Crippen LogP contribution is 2.34. The van der Waals surface area contributed by atoms with Crippen LogP contribution in [0.5, 0.6) is 0 Å². The van der Waals surface area contributed by atoms with E-state index in [1.807, 2.05) is 30.5 Å². The van der Waals surface area contributed by atoms with Crippen LogP contribution in [-0.2, 0) is 6.54 Å². The molecule has 0 saturated heterocycles. The highest BCUT2D eigenvalue weighted by molar-refractivity contribution is 9.09. The number of pyridine rings is 1. The van der Waals surface area contributed by atoms with Crippen LogP contribution >= 0.6 is 15.9 Å². The standard InChI is InChI=1S/C20H20BrN5/c21-19-13-25-20-17(24-12-14-5-4-8-23-11-14)9-16(18(10-22)26(19)20)15-6-2-1-3-7-15/h1-9,11,19,24H,10,12-13,22H2. The Morgan fingerprint density at radius 3 is 2.77 bits per heavy atom. The molecule has 26 heavy (non-hydrogen) atoms. The zero-order valence-electron chi connectivity index (χ0n) is 14.3. The summed E-state index contributed by atoms with van der Waals surface area (Å²) in [5, 5.41) is 3.53. The summed E-state index contributed by atoms with van der Waals surface area (Å²) in [6.07, 6.45) is 5.82. The van der Waals surface area contributed by atoms with Crippen molar-refractivity contribution in [1.29, 1.82) is 0 Å². The molecule has 1 aromatic heterocycles. The number of amidine groups is 1. The smallest absolute Gasteiger partial charge is 0.152 e. The lowest BCUT2D eigenvalue weighted by molar-refractivity contribution is 0.518. The van der Waals surface area contributed by atoms with Crippen LogP contribution in [0.3, 0.4) is 0 Å². The fourth-order valence-corrected chi connectivity index (χ4v) is 3.88. The molecule has 0 aliphatic carbocycles. The number of aliphatic imine (C=N–C) groups is 1. The van der Waals surface area contributed by atoms with E-state index in [2.05, 4.69) is 55.4 Å². The van der Waals surface area contributed by atoms with Crippen molar-refractivity contribution in [2.75, 3.05) is 13.1 Å². The van der Waals surface area contributed by atoms with Crippen molar-refractivity contribution in [3.8, 4) is 0 Å². The Morgan fingerprint density at radius 1 is 1.19 bits per heavy atom. The van der Waals surface area contributed by atoms with E-state index >= 15 is 0 Å². The van der Waals surface area contributed by atoms with E-state index in [1.54, 1.807) is 6.20 Å². The van der Waals surface area contributed by atoms with Crippen LogP contribution in [0, 0.1) is 0 Å². The number of alkyl halides is 1. The molecule has 0 amide bonds. The molecule has 2 aromatic rings. The molecule has 0 saturated carbocycles. The average molecular weight is 410 g/mol. The molecular formula is C20H20BrN5. The third-order valence-corrected chi connectivity index (χ3v) is 5.21. The summed E-state index contributed by atoms with van der Waals surface area (Å²) in [7, 11) is 0. The van der Waals surface area contributed by atoms with E-state index in [-0.39, 0.29) is 4.95 Å². The average Bonchev–Trinajstić information content (AvgIpc) is 3.09. The fourth-order valence-electron chi connectivity index (χ4n) is 3.29. The minimum absolute atomic E-state index is 0.124. The Balaban J connectivity index is 1.72. The lowest BCUT2D eigenvalue weighted by Crippen LogP contribution is -2.41. The molecule has 1 aromatic carbocycles. The number of benzene rings is 1. The maximum Gasteiger partial charge on any atom is 0.152 e. The van der Waals surface area contributed by atoms with Gasteiger partial charge in [-0.25, -0.2) is 0 Å². The summed E-state index contributed by atoms with van der Waals surface area (Å²) >= 11 is 3.74. The first kappa shape index (κ1) is 17.0. The Morgan fingerprint density at radius 2 is 2.04 bits per heavy atom. The van der Waals surface area contributed by atoms with Crippen molar-refractivity contribution in [2.45, 2.75) is 11.5 Å². The van der Waals surface area contributed by atoms with Crippen molar-refractivity contribution < 1.29 is 0 Å². The zero-order valence-corrected chi connectivity index (χ0v) is 15.9. The molecule has 132 valence electrons. The molecule has 3 heterocycles. The number of nitrogens with zero attached hydrogens (tertiary/aromatic N) is 3. The lowest BCUT2D eigenvalue weighted by atomic mass is 9.98. The molecule has 2 aliphatic heterocycles. The van der Waals surface area contributed by atoms with E-state index in [0.29, 0.717) is 19.6 Å². The van der Waals surface area contributed by atoms with E-state index in [4.69, 9.17) is 10.7 Å². The first-order chi connectivity index (χ1) is 12.8. The number of halogens is 1. The predicted octanol–water partition coefficient (Wildman–Crippen LogP) is 2.87. The largest absolute Gasteiger partial charge is 0.378 e. The molecular weight excluding hydrogens is 390 g/mol. The number of nitrogens with one attached hydrogen (secondary N) is 1. The second-order valence-corrected chi connectivity index (χ2v) is 7.23. The lowest BCUT2D eigenvalue weighted by Gasteiger charge is -2.33. The number of allylic oxidation sites excluding steroid dienone is 2. The van der Waals surface area contributed by atoms with Crippen LogP contribution in [0.1, 0.15) is 11.1 Å². The molecule has 4 rings (SSSR count). The van der Waals surface area contributed by atoms with Gasteiger partial charge in [0.05, 0.1) is 12.2 Å². The van der Waals surface area contributed by atoms with Crippen LogP contribution in [-0.4, -0.2) is 33.8 Å². The molecule has 1 atom stereocenters. The zero-order chi connectivity index (χ0) is 17.9. The highest BCUT2D eigenvalue weighted by atomic mass is 79.9. The van der Waals surface area contributed by atoms with E-state index in [9.17, 15) is 0 Å². The van der Waals surface area contributed by atoms with E-state index in [0.717, 1.165) is 33.9 Å². The maximum absolute atomic E-state index is 6.13. The second-order valence-electron chi connectivity index (χ2n) is 6.17. The molecule has 6 heteroatoms. The van der Waals surface area contributed by atoms with Gasteiger partial charge in [0.1, 0.15) is 4.95 Å². The summed E-state index contributed by atoms with van der Waals surface area (Å²) in [5.41, 5.74) is 11.6. The van der Waals surface area contributed by atoms with Crippen LogP contribution in [0.15, 0.2) is 77.3 Å². The molecule has 1 unspecified atom stereocenters. The van der Waals surface area contributed by atoms with Gasteiger partial charge < -0.3 is 16.0 Å². The first-order valence-electron chi connectivity index (χ1n) is 8.59. The molecule has 0 radical (unpaired) electrons. The molecule has 3 N–H and O–H groups in total. The highest BCUT2D eigenvalue weighted by Gasteiger charge is 2.34. The number of rotatable bonds is 5. The van der Waals surface area contributed by atoms with Crippen LogP contribution in [0.4, 0.5) is 0 Å². The van der Waals surface area contributed by atoms with Gasteiger partial charge in [-0.3, -0.25) is 9.98 Å². The van der Waals surface area contributed by atoms with Crippen molar-refractivity contribution in [1.82, 2.24) is 15.2 Å². The first-order valence-corrected chi connectivity index (χ1v) is 9.50. The van der Waals surface area contributed by atoms with Gasteiger partial charge in [-0.2, -0.15) is 0 Å². The van der Waals surface area contributed by atoms with Crippen LogP contribution < -0.4 is 11.1 Å². The topological polar surface area (TPSA) is 66.5 Å². The third kappa shape index (κ3) is 3.18. The quantitative estimate of drug-likeness (QED) is 0.588. The maximum atomic E-state index is 6.13. The minimum atomic E-state index is 0.124. The monoisotopic (exact) mass is 409 g/mol. The van der Waals surface area contributed by atoms with Gasteiger partial charge in [0.25, 0.3) is 0 Å².